The fourth-order valence-electron chi connectivity index (χ4n) is 1.42. The Morgan fingerprint density at radius 1 is 0.917 bits per heavy atom. The van der Waals surface area contributed by atoms with Crippen LogP contribution in [0.25, 0.3) is 0 Å². The molecule has 24 heavy (non-hydrogen) atoms. The van der Waals surface area contributed by atoms with Crippen molar-refractivity contribution in [2.45, 2.75) is 13.8 Å². The van der Waals surface area contributed by atoms with Crippen LogP contribution in [-0.4, -0.2) is 68.5 Å². The van der Waals surface area contributed by atoms with Gasteiger partial charge in [-0.1, -0.05) is 13.8 Å². The van der Waals surface area contributed by atoms with Gasteiger partial charge in [0.15, 0.2) is 0 Å². The fourth-order valence-corrected chi connectivity index (χ4v) is 1.42. The van der Waals surface area contributed by atoms with Crippen molar-refractivity contribution in [3.8, 4) is 0 Å². The van der Waals surface area contributed by atoms with E-state index >= 15 is 0 Å². The maximum absolute atomic E-state index is 12.0. The van der Waals surface area contributed by atoms with E-state index in [1.165, 1.54) is 4.90 Å². The van der Waals surface area contributed by atoms with Crippen molar-refractivity contribution in [3.05, 3.63) is 0 Å². The van der Waals surface area contributed by atoms with E-state index in [0.717, 1.165) is 0 Å². The summed E-state index contributed by atoms with van der Waals surface area (Å²) >= 11 is 0. The summed E-state index contributed by atoms with van der Waals surface area (Å²) in [4.78, 5) is 45.6. The highest BCUT2D eigenvalue weighted by Gasteiger charge is 2.14. The minimum Gasteiger partial charge on any atom is -0.464 e. The van der Waals surface area contributed by atoms with Gasteiger partial charge in [0.2, 0.25) is 0 Å². The number of hydrogen-bond donors (Lipinski definition) is 3. The van der Waals surface area contributed by atoms with Gasteiger partial charge in [0.1, 0.15) is 19.8 Å². The van der Waals surface area contributed by atoms with Crippen LogP contribution in [0.15, 0.2) is 0 Å². The number of amides is 4. The number of rotatable bonds is 10. The number of nitrogens with two attached hydrogens (primary N) is 2. The summed E-state index contributed by atoms with van der Waals surface area (Å²) in [6.07, 6.45) is -1.94. The Bertz CT molecular complexity index is 422. The maximum Gasteiger partial charge on any atom is 0.404 e. The first-order chi connectivity index (χ1) is 11.2. The largest absolute Gasteiger partial charge is 0.464 e. The highest BCUT2D eigenvalue weighted by Crippen LogP contribution is 1.95. The lowest BCUT2D eigenvalue weighted by molar-refractivity contribution is -0.147. The van der Waals surface area contributed by atoms with Crippen molar-refractivity contribution in [1.29, 1.82) is 0 Å². The third-order valence-corrected chi connectivity index (χ3v) is 2.59. The van der Waals surface area contributed by atoms with Crippen LogP contribution in [0.1, 0.15) is 13.8 Å². The molecule has 0 aromatic heterocycles. The third-order valence-electron chi connectivity index (χ3n) is 2.59. The van der Waals surface area contributed by atoms with Crippen LogP contribution in [0.4, 0.5) is 14.4 Å². The van der Waals surface area contributed by atoms with E-state index in [1.807, 2.05) is 0 Å². The zero-order chi connectivity index (χ0) is 18.5. The van der Waals surface area contributed by atoms with E-state index in [0.29, 0.717) is 0 Å². The molecule has 0 aliphatic heterocycles. The Morgan fingerprint density at radius 2 is 1.42 bits per heavy atom. The first-order valence-corrected chi connectivity index (χ1v) is 7.28. The van der Waals surface area contributed by atoms with Crippen molar-refractivity contribution in [2.75, 3.05) is 39.5 Å². The molecule has 0 bridgehead atoms. The lowest BCUT2D eigenvalue weighted by Gasteiger charge is -2.22. The van der Waals surface area contributed by atoms with Crippen molar-refractivity contribution in [3.63, 3.8) is 0 Å². The van der Waals surface area contributed by atoms with Gasteiger partial charge in [-0.3, -0.25) is 4.79 Å². The molecule has 138 valence electrons. The van der Waals surface area contributed by atoms with Crippen LogP contribution >= 0.6 is 0 Å². The number of urea groups is 1. The number of carbonyl (C=O) groups excluding carboxylic acids is 4. The summed E-state index contributed by atoms with van der Waals surface area (Å²) in [5, 5.41) is 2.52. The average molecular weight is 348 g/mol. The SMILES string of the molecule is CC(C)C(=O)OCCNC(=O)N(CCOC(N)=O)CCOC(N)=O. The number of nitrogens with one attached hydrogen (secondary N) is 1. The number of ether oxygens (including phenoxy) is 3. The second kappa shape index (κ2) is 11.8. The van der Waals surface area contributed by atoms with Crippen LogP contribution in [-0.2, 0) is 19.0 Å². The number of primary amides is 2. The van der Waals surface area contributed by atoms with Gasteiger partial charge in [0.05, 0.1) is 25.6 Å². The second-order valence-corrected chi connectivity index (χ2v) is 4.88. The van der Waals surface area contributed by atoms with Gasteiger partial charge in [0.25, 0.3) is 0 Å². The molecule has 0 atom stereocenters. The summed E-state index contributed by atoms with van der Waals surface area (Å²) in [6.45, 7) is 3.32. The molecule has 0 spiro atoms. The molecule has 0 aliphatic rings. The Hall–Kier alpha value is -2.72. The van der Waals surface area contributed by atoms with Gasteiger partial charge in [-0.25, -0.2) is 14.4 Å². The number of nitrogens with zero attached hydrogens (tertiary/aromatic N) is 1. The van der Waals surface area contributed by atoms with Crippen LogP contribution in [0.3, 0.4) is 0 Å². The van der Waals surface area contributed by atoms with E-state index in [9.17, 15) is 19.2 Å². The first kappa shape index (κ1) is 21.3. The zero-order valence-corrected chi connectivity index (χ0v) is 13.8. The van der Waals surface area contributed by atoms with E-state index < -0.39 is 18.2 Å². The lowest BCUT2D eigenvalue weighted by atomic mass is 10.2. The molecule has 0 saturated heterocycles. The predicted octanol–water partition coefficient (Wildman–Crippen LogP) is -0.612. The Morgan fingerprint density at radius 3 is 1.83 bits per heavy atom. The molecule has 0 heterocycles. The minimum atomic E-state index is -0.968. The molecule has 11 nitrogen and oxygen atoms in total. The number of hydrogen-bond acceptors (Lipinski definition) is 7. The normalized spacial score (nSPS) is 9.96. The molecule has 0 unspecified atom stereocenters. The minimum absolute atomic E-state index is 0.0200. The lowest BCUT2D eigenvalue weighted by Crippen LogP contribution is -2.45. The van der Waals surface area contributed by atoms with Gasteiger partial charge < -0.3 is 35.9 Å². The van der Waals surface area contributed by atoms with E-state index in [4.69, 9.17) is 16.2 Å². The van der Waals surface area contributed by atoms with Gasteiger partial charge in [-0.2, -0.15) is 0 Å². The maximum atomic E-state index is 12.0. The Kier molecular flexibility index (Phi) is 10.5. The van der Waals surface area contributed by atoms with Crippen LogP contribution in [0.2, 0.25) is 0 Å². The standard InChI is InChI=1S/C13H24N4O7/c1-9(2)10(18)22-6-3-16-13(21)17(4-7-23-11(14)19)5-8-24-12(15)20/h9H,3-8H2,1-2H3,(H2,14,19)(H2,15,20)(H,16,21). The quantitative estimate of drug-likeness (QED) is 0.269. The van der Waals surface area contributed by atoms with Crippen LogP contribution in [0.5, 0.6) is 0 Å². The molecule has 0 radical (unpaired) electrons. The molecule has 11 heteroatoms. The highest BCUT2D eigenvalue weighted by molar-refractivity contribution is 5.74. The average Bonchev–Trinajstić information content (AvgIpc) is 2.48. The molecule has 0 aromatic rings. The molecule has 4 amide bonds. The Balaban J connectivity index is 4.25. The predicted molar refractivity (Wildman–Crippen MR) is 81.8 cm³/mol. The monoisotopic (exact) mass is 348 g/mol. The van der Waals surface area contributed by atoms with Crippen LogP contribution in [0, 0.1) is 5.92 Å². The Labute approximate surface area is 139 Å². The molecular formula is C13H24N4O7. The molecule has 0 fully saturated rings. The van der Waals surface area contributed by atoms with Crippen molar-refractivity contribution >= 4 is 24.2 Å². The molecule has 0 aliphatic carbocycles. The summed E-state index contributed by atoms with van der Waals surface area (Å²) in [5.74, 6) is -0.625. The second-order valence-electron chi connectivity index (χ2n) is 4.88. The highest BCUT2D eigenvalue weighted by atomic mass is 16.6. The van der Waals surface area contributed by atoms with Crippen molar-refractivity contribution in [1.82, 2.24) is 10.2 Å². The third kappa shape index (κ3) is 10.9. The van der Waals surface area contributed by atoms with E-state index in [-0.39, 0.29) is 51.3 Å². The topological polar surface area (TPSA) is 163 Å². The summed E-state index contributed by atoms with van der Waals surface area (Å²) in [6, 6.07) is -0.517. The molecule has 0 rings (SSSR count). The fraction of sp³-hybridized carbons (Fsp3) is 0.692. The van der Waals surface area contributed by atoms with Crippen molar-refractivity contribution < 1.29 is 33.4 Å². The number of carbonyl (C=O) groups is 4. The van der Waals surface area contributed by atoms with E-state index in [1.54, 1.807) is 13.8 Å². The van der Waals surface area contributed by atoms with Crippen LogP contribution < -0.4 is 16.8 Å². The smallest absolute Gasteiger partial charge is 0.404 e. The summed E-state index contributed by atoms with van der Waals surface area (Å²) in [5.41, 5.74) is 9.66. The number of esters is 1. The summed E-state index contributed by atoms with van der Waals surface area (Å²) in [7, 11) is 0. The van der Waals surface area contributed by atoms with E-state index in [2.05, 4.69) is 14.8 Å². The molecular weight excluding hydrogens is 324 g/mol. The van der Waals surface area contributed by atoms with Crippen molar-refractivity contribution in [2.24, 2.45) is 17.4 Å². The van der Waals surface area contributed by atoms with Gasteiger partial charge in [-0.05, 0) is 0 Å². The molecule has 0 saturated carbocycles. The molecule has 5 N–H and O–H groups in total. The van der Waals surface area contributed by atoms with Gasteiger partial charge in [-0.15, -0.1) is 0 Å². The van der Waals surface area contributed by atoms with Gasteiger partial charge in [0, 0.05) is 0 Å². The first-order valence-electron chi connectivity index (χ1n) is 7.28. The molecule has 0 aromatic carbocycles. The summed E-state index contributed by atoms with van der Waals surface area (Å²) < 4.78 is 14.0. The zero-order valence-electron chi connectivity index (χ0n) is 13.8. The van der Waals surface area contributed by atoms with Gasteiger partial charge >= 0.3 is 24.2 Å².